The van der Waals surface area contributed by atoms with Crippen molar-refractivity contribution in [2.45, 2.75) is 42.0 Å². The molecule has 4 unspecified atom stereocenters. The molecule has 2 spiro atoms. The first-order valence-corrected chi connectivity index (χ1v) is 16.2. The zero-order chi connectivity index (χ0) is 33.1. The quantitative estimate of drug-likeness (QED) is 0.228. The van der Waals surface area contributed by atoms with Crippen molar-refractivity contribution in [3.63, 3.8) is 0 Å². The highest BCUT2D eigenvalue weighted by molar-refractivity contribution is 6.14. The molecule has 2 aliphatic heterocycles. The van der Waals surface area contributed by atoms with Crippen molar-refractivity contribution in [1.29, 1.82) is 0 Å². The van der Waals surface area contributed by atoms with Gasteiger partial charge < -0.3 is 24.4 Å². The Morgan fingerprint density at radius 1 is 0.646 bits per heavy atom. The largest absolute Gasteiger partial charge is 0.497 e. The van der Waals surface area contributed by atoms with Crippen LogP contribution in [0.3, 0.4) is 0 Å². The number of methoxy groups -OCH3 is 2. The van der Waals surface area contributed by atoms with Crippen LogP contribution in [0.1, 0.15) is 34.2 Å². The van der Waals surface area contributed by atoms with Gasteiger partial charge in [-0.05, 0) is 58.5 Å². The first kappa shape index (κ1) is 30.1. The van der Waals surface area contributed by atoms with Crippen molar-refractivity contribution in [3.8, 4) is 5.75 Å². The minimum absolute atomic E-state index is 0.0172. The molecule has 1 N–H and O–H groups in total. The van der Waals surface area contributed by atoms with Crippen LogP contribution < -0.4 is 14.5 Å². The summed E-state index contributed by atoms with van der Waals surface area (Å²) in [6.45, 7) is 0.653. The molecule has 2 heterocycles. The highest BCUT2D eigenvalue weighted by Gasteiger charge is 2.80. The molecule has 0 bridgehead atoms. The van der Waals surface area contributed by atoms with E-state index in [0.29, 0.717) is 35.7 Å². The Kier molecular flexibility index (Phi) is 7.02. The zero-order valence-electron chi connectivity index (χ0n) is 26.9. The topological polar surface area (TPSA) is 79.3 Å². The molecule has 48 heavy (non-hydrogen) atoms. The summed E-state index contributed by atoms with van der Waals surface area (Å²) in [4.78, 5) is 34.3. The molecule has 3 aliphatic rings. The molecule has 0 radical (unpaired) electrons. The van der Waals surface area contributed by atoms with Crippen molar-refractivity contribution in [1.82, 2.24) is 0 Å². The van der Waals surface area contributed by atoms with Crippen LogP contribution in [0, 0.1) is 0 Å². The van der Waals surface area contributed by atoms with E-state index < -0.39 is 22.5 Å². The maximum absolute atomic E-state index is 15.5. The van der Waals surface area contributed by atoms with E-state index in [9.17, 15) is 5.11 Å². The number of nitrogens with zero attached hydrogens (tertiary/aromatic N) is 2. The molecule has 2 amide bonds. The molecule has 5 aromatic carbocycles. The van der Waals surface area contributed by atoms with Crippen LogP contribution >= 0.6 is 0 Å². The Balaban J connectivity index is 1.39. The van der Waals surface area contributed by atoms with E-state index in [4.69, 9.17) is 9.47 Å². The van der Waals surface area contributed by atoms with Crippen molar-refractivity contribution >= 4 is 23.2 Å². The molecule has 1 aliphatic carbocycles. The normalized spacial score (nSPS) is 25.6. The van der Waals surface area contributed by atoms with Crippen LogP contribution in [0.15, 0.2) is 133 Å². The van der Waals surface area contributed by atoms with Gasteiger partial charge in [-0.15, -0.1) is 0 Å². The van der Waals surface area contributed by atoms with Crippen LogP contribution in [0.2, 0.25) is 0 Å². The van der Waals surface area contributed by atoms with Crippen LogP contribution in [-0.4, -0.2) is 37.2 Å². The third kappa shape index (κ3) is 3.95. The van der Waals surface area contributed by atoms with Gasteiger partial charge in [0, 0.05) is 18.5 Å². The molecular weight excluding hydrogens is 600 g/mol. The number of ether oxygens (including phenoxy) is 2. The van der Waals surface area contributed by atoms with E-state index in [2.05, 4.69) is 0 Å². The van der Waals surface area contributed by atoms with Crippen molar-refractivity contribution in [2.75, 3.05) is 24.0 Å². The van der Waals surface area contributed by atoms with Crippen LogP contribution in [0.25, 0.3) is 0 Å². The summed E-state index contributed by atoms with van der Waals surface area (Å²) >= 11 is 0. The maximum atomic E-state index is 15.5. The lowest BCUT2D eigenvalue weighted by molar-refractivity contribution is -0.153. The number of para-hydroxylation sites is 2. The number of anilines is 2. The summed E-state index contributed by atoms with van der Waals surface area (Å²) in [5.74, 6) is 0.143. The highest BCUT2D eigenvalue weighted by Crippen LogP contribution is 2.69. The number of amides is 2. The Morgan fingerprint density at radius 3 is 1.71 bits per heavy atom. The number of carbonyl (C=O) groups is 2. The fraction of sp³-hybridized carbons (Fsp3) is 0.220. The summed E-state index contributed by atoms with van der Waals surface area (Å²) in [5, 5.41) is 13.7. The Bertz CT molecular complexity index is 2020. The minimum atomic E-state index is -1.96. The number of rotatable bonds is 7. The summed E-state index contributed by atoms with van der Waals surface area (Å²) in [7, 11) is 3.12. The number of aliphatic hydroxyl groups is 1. The summed E-state index contributed by atoms with van der Waals surface area (Å²) in [6.07, 6.45) is -1.11. The van der Waals surface area contributed by atoms with Gasteiger partial charge in [0.2, 0.25) is 11.8 Å². The van der Waals surface area contributed by atoms with Gasteiger partial charge in [0.25, 0.3) is 0 Å². The van der Waals surface area contributed by atoms with Gasteiger partial charge in [0.1, 0.15) is 28.3 Å². The summed E-state index contributed by atoms with van der Waals surface area (Å²) in [6, 6.07) is 42.2. The second-order valence-electron chi connectivity index (χ2n) is 13.0. The summed E-state index contributed by atoms with van der Waals surface area (Å²) < 4.78 is 11.9. The Morgan fingerprint density at radius 2 is 1.15 bits per heavy atom. The number of fused-ring (bicyclic) bond motifs is 4. The molecule has 0 saturated heterocycles. The highest BCUT2D eigenvalue weighted by atomic mass is 16.5. The fourth-order valence-electron chi connectivity index (χ4n) is 8.73. The SMILES string of the molecule is COc1ccc(C2(O)C(OC)C3(CC24C(=O)N(Cc2ccccc2)c2ccccc24)C(=O)N(Cc2ccccc2)c2ccccc23)cc1. The van der Waals surface area contributed by atoms with E-state index in [-0.39, 0.29) is 18.2 Å². The Hall–Kier alpha value is -5.24. The molecule has 7 heteroatoms. The molecule has 1 saturated carbocycles. The first-order valence-electron chi connectivity index (χ1n) is 16.2. The first-order chi connectivity index (χ1) is 23.4. The van der Waals surface area contributed by atoms with E-state index >= 15 is 9.59 Å². The van der Waals surface area contributed by atoms with Gasteiger partial charge in [-0.2, -0.15) is 0 Å². The van der Waals surface area contributed by atoms with Crippen molar-refractivity contribution in [3.05, 3.63) is 161 Å². The maximum Gasteiger partial charge on any atom is 0.241 e. The van der Waals surface area contributed by atoms with Gasteiger partial charge in [0.15, 0.2) is 0 Å². The van der Waals surface area contributed by atoms with Gasteiger partial charge in [-0.1, -0.05) is 109 Å². The van der Waals surface area contributed by atoms with Crippen molar-refractivity contribution in [2.24, 2.45) is 0 Å². The van der Waals surface area contributed by atoms with Gasteiger partial charge in [-0.3, -0.25) is 9.59 Å². The van der Waals surface area contributed by atoms with Gasteiger partial charge in [-0.25, -0.2) is 0 Å². The van der Waals surface area contributed by atoms with E-state index in [1.54, 1.807) is 41.2 Å². The average Bonchev–Trinajstić information content (AvgIpc) is 3.63. The summed E-state index contributed by atoms with van der Waals surface area (Å²) in [5.41, 5.74) is 0.371. The van der Waals surface area contributed by atoms with Crippen LogP contribution in [0.5, 0.6) is 5.75 Å². The molecular formula is C41H36N2O5. The predicted molar refractivity (Wildman–Crippen MR) is 184 cm³/mol. The van der Waals surface area contributed by atoms with Gasteiger partial charge >= 0.3 is 0 Å². The lowest BCUT2D eigenvalue weighted by Gasteiger charge is -2.42. The lowest BCUT2D eigenvalue weighted by Crippen LogP contribution is -2.58. The van der Waals surface area contributed by atoms with Crippen molar-refractivity contribution < 1.29 is 24.2 Å². The molecule has 0 aromatic heterocycles. The van der Waals surface area contributed by atoms with E-state index in [1.807, 2.05) is 109 Å². The smallest absolute Gasteiger partial charge is 0.241 e. The molecule has 8 rings (SSSR count). The van der Waals surface area contributed by atoms with E-state index in [0.717, 1.165) is 22.4 Å². The predicted octanol–water partition coefficient (Wildman–Crippen LogP) is 6.27. The third-order valence-corrected chi connectivity index (χ3v) is 10.7. The standard InChI is InChI=1S/C41H36N2O5/c1-47-31-23-21-30(22-24-31)41(46)36(48-2)39(32-17-9-11-19-34(32)42(37(39)44)25-28-13-5-3-6-14-28)27-40(41)33-18-10-12-20-35(33)43(38(40)45)26-29-15-7-4-8-16-29/h3-24,36,46H,25-27H2,1-2H3. The fourth-order valence-corrected chi connectivity index (χ4v) is 8.73. The van der Waals surface area contributed by atoms with Crippen LogP contribution in [0.4, 0.5) is 11.4 Å². The average molecular weight is 637 g/mol. The lowest BCUT2D eigenvalue weighted by atomic mass is 9.66. The minimum Gasteiger partial charge on any atom is -0.497 e. The molecule has 5 aromatic rings. The second kappa shape index (κ2) is 11.2. The second-order valence-corrected chi connectivity index (χ2v) is 13.0. The number of carbonyl (C=O) groups excluding carboxylic acids is 2. The molecule has 4 atom stereocenters. The Labute approximate surface area is 280 Å². The van der Waals surface area contributed by atoms with E-state index in [1.165, 1.54) is 7.11 Å². The number of benzene rings is 5. The number of hydrogen-bond donors (Lipinski definition) is 1. The number of hydrogen-bond acceptors (Lipinski definition) is 5. The van der Waals surface area contributed by atoms with Gasteiger partial charge in [0.05, 0.1) is 20.2 Å². The zero-order valence-corrected chi connectivity index (χ0v) is 26.9. The molecule has 7 nitrogen and oxygen atoms in total. The molecule has 240 valence electrons. The molecule has 1 fully saturated rings. The monoisotopic (exact) mass is 636 g/mol. The van der Waals surface area contributed by atoms with Crippen LogP contribution in [-0.2, 0) is 43.8 Å². The third-order valence-electron chi connectivity index (χ3n) is 10.7.